The molecule has 0 unspecified atom stereocenters. The Morgan fingerprint density at radius 3 is 1.18 bits per heavy atom. The Morgan fingerprint density at radius 1 is 0.268 bits per heavy atom. The SMILES string of the molecule is CC(C)(C)c1cc2ccc3cc(-c4cc5c(cc4-c4ccc6ccc7cc(C(C)(C)C)cc8ccc4c6c78)-c4cccc6cccc-5c46)cc4ccc(c1)c2c34. The molecule has 11 aromatic rings. The van der Waals surface area contributed by atoms with Crippen molar-refractivity contribution >= 4 is 75.4 Å². The molecular weight excluding hydrogens is 673 g/mol. The van der Waals surface area contributed by atoms with Crippen LogP contribution in [-0.4, -0.2) is 0 Å². The van der Waals surface area contributed by atoms with Crippen molar-refractivity contribution < 1.29 is 0 Å². The molecule has 1 aliphatic rings. The van der Waals surface area contributed by atoms with Crippen molar-refractivity contribution in [3.05, 3.63) is 157 Å². The van der Waals surface area contributed by atoms with Crippen LogP contribution in [0.4, 0.5) is 0 Å². The molecule has 0 fully saturated rings. The second-order valence-corrected chi connectivity index (χ2v) is 18.6. The molecule has 0 radical (unpaired) electrons. The molecule has 0 heteroatoms. The number of hydrogen-bond donors (Lipinski definition) is 0. The zero-order valence-electron chi connectivity index (χ0n) is 32.9. The van der Waals surface area contributed by atoms with Crippen molar-refractivity contribution in [2.45, 2.75) is 52.4 Å². The first kappa shape index (κ1) is 32.0. The Morgan fingerprint density at radius 2 is 0.661 bits per heavy atom. The first-order valence-corrected chi connectivity index (χ1v) is 20.2. The van der Waals surface area contributed by atoms with Gasteiger partial charge in [0, 0.05) is 0 Å². The van der Waals surface area contributed by atoms with E-state index in [2.05, 4.69) is 187 Å². The molecule has 0 atom stereocenters. The van der Waals surface area contributed by atoms with Crippen molar-refractivity contribution in [2.75, 3.05) is 0 Å². The Labute approximate surface area is 327 Å². The maximum Gasteiger partial charge on any atom is -0.00206 e. The molecule has 0 aromatic heterocycles. The maximum absolute atomic E-state index is 2.52. The van der Waals surface area contributed by atoms with Crippen LogP contribution in [0.2, 0.25) is 0 Å². The summed E-state index contributed by atoms with van der Waals surface area (Å²) in [7, 11) is 0. The summed E-state index contributed by atoms with van der Waals surface area (Å²) in [6.07, 6.45) is 0. The predicted octanol–water partition coefficient (Wildman–Crippen LogP) is 16.2. The molecule has 266 valence electrons. The Hall–Kier alpha value is -6.24. The Kier molecular flexibility index (Phi) is 6.15. The van der Waals surface area contributed by atoms with Gasteiger partial charge in [-0.3, -0.25) is 0 Å². The van der Waals surface area contributed by atoms with Crippen LogP contribution in [0.25, 0.3) is 120 Å². The summed E-state index contributed by atoms with van der Waals surface area (Å²) in [6.45, 7) is 13.9. The van der Waals surface area contributed by atoms with Crippen LogP contribution in [0.15, 0.2) is 146 Å². The second kappa shape index (κ2) is 10.7. The highest BCUT2D eigenvalue weighted by Crippen LogP contribution is 2.53. The maximum atomic E-state index is 2.52. The molecule has 0 nitrogen and oxygen atoms in total. The summed E-state index contributed by atoms with van der Waals surface area (Å²) >= 11 is 0. The van der Waals surface area contributed by atoms with Crippen LogP contribution >= 0.6 is 0 Å². The van der Waals surface area contributed by atoms with Gasteiger partial charge in [0.05, 0.1) is 0 Å². The third-order valence-electron chi connectivity index (χ3n) is 13.1. The molecule has 56 heavy (non-hydrogen) atoms. The standard InChI is InChI=1S/C56H42/c1-55(2,3)40-25-35-17-15-33-23-39(24-34-16-18-36(26-40)51(35)50(33)34)46-29-48-43-11-7-9-31-10-8-12-44(53(31)43)49(48)30-47(46)42-21-19-32-13-14-37-27-41(56(4,5)6)28-38-20-22-45(42)54(32)52(37)38/h7-30H,1-6H3. The zero-order valence-corrected chi connectivity index (χ0v) is 32.9. The third-order valence-corrected chi connectivity index (χ3v) is 13.1. The van der Waals surface area contributed by atoms with Gasteiger partial charge >= 0.3 is 0 Å². The molecule has 0 bridgehead atoms. The summed E-state index contributed by atoms with van der Waals surface area (Å²) in [4.78, 5) is 0. The van der Waals surface area contributed by atoms with Gasteiger partial charge in [0.2, 0.25) is 0 Å². The van der Waals surface area contributed by atoms with Crippen molar-refractivity contribution in [3.63, 3.8) is 0 Å². The summed E-state index contributed by atoms with van der Waals surface area (Å²) < 4.78 is 0. The number of fused-ring (bicyclic) bond motifs is 3. The molecule has 0 amide bonds. The quantitative estimate of drug-likeness (QED) is 0.156. The van der Waals surface area contributed by atoms with Gasteiger partial charge < -0.3 is 0 Å². The average Bonchev–Trinajstić information content (AvgIpc) is 3.51. The van der Waals surface area contributed by atoms with Gasteiger partial charge in [-0.1, -0.05) is 163 Å². The number of benzene rings is 11. The van der Waals surface area contributed by atoms with Gasteiger partial charge in [-0.15, -0.1) is 0 Å². The molecule has 0 heterocycles. The summed E-state index contributed by atoms with van der Waals surface area (Å²) in [6, 6.07) is 56.7. The van der Waals surface area contributed by atoms with Crippen molar-refractivity contribution in [3.8, 4) is 44.5 Å². The molecule has 11 aromatic carbocycles. The largest absolute Gasteiger partial charge is 0.0610 e. The first-order chi connectivity index (χ1) is 27.0. The average molecular weight is 715 g/mol. The molecule has 1 aliphatic carbocycles. The lowest BCUT2D eigenvalue weighted by atomic mass is 9.81. The normalized spacial score (nSPS) is 13.2. The van der Waals surface area contributed by atoms with Gasteiger partial charge in [-0.2, -0.15) is 0 Å². The minimum absolute atomic E-state index is 0.0763. The monoisotopic (exact) mass is 714 g/mol. The molecular formula is C56H42. The van der Waals surface area contributed by atoms with E-state index in [4.69, 9.17) is 0 Å². The van der Waals surface area contributed by atoms with Crippen molar-refractivity contribution in [2.24, 2.45) is 0 Å². The fourth-order valence-electron chi connectivity index (χ4n) is 10.2. The van der Waals surface area contributed by atoms with Crippen LogP contribution in [0.1, 0.15) is 52.7 Å². The van der Waals surface area contributed by atoms with Crippen molar-refractivity contribution in [1.29, 1.82) is 0 Å². The van der Waals surface area contributed by atoms with Gasteiger partial charge in [-0.25, -0.2) is 0 Å². The van der Waals surface area contributed by atoms with Crippen LogP contribution in [0.5, 0.6) is 0 Å². The second-order valence-electron chi connectivity index (χ2n) is 18.6. The van der Waals surface area contributed by atoms with E-state index in [-0.39, 0.29) is 10.8 Å². The van der Waals surface area contributed by atoms with E-state index in [1.54, 1.807) is 0 Å². The smallest absolute Gasteiger partial charge is 0.00206 e. The first-order valence-electron chi connectivity index (χ1n) is 20.2. The predicted molar refractivity (Wildman–Crippen MR) is 244 cm³/mol. The van der Waals surface area contributed by atoms with Gasteiger partial charge in [0.25, 0.3) is 0 Å². The van der Waals surface area contributed by atoms with E-state index in [9.17, 15) is 0 Å². The van der Waals surface area contributed by atoms with E-state index >= 15 is 0 Å². The molecule has 0 spiro atoms. The third kappa shape index (κ3) is 4.36. The lowest BCUT2D eigenvalue weighted by Crippen LogP contribution is -2.10. The van der Waals surface area contributed by atoms with Crippen LogP contribution in [0.3, 0.4) is 0 Å². The number of rotatable bonds is 2. The highest BCUT2D eigenvalue weighted by molar-refractivity contribution is 6.27. The lowest BCUT2D eigenvalue weighted by molar-refractivity contribution is 0.591. The van der Waals surface area contributed by atoms with Crippen LogP contribution < -0.4 is 0 Å². The number of hydrogen-bond acceptors (Lipinski definition) is 0. The lowest BCUT2D eigenvalue weighted by Gasteiger charge is -2.23. The van der Waals surface area contributed by atoms with E-state index in [1.807, 2.05) is 0 Å². The van der Waals surface area contributed by atoms with E-state index in [1.165, 1.54) is 131 Å². The summed E-state index contributed by atoms with van der Waals surface area (Å²) in [5, 5.41) is 18.6. The van der Waals surface area contributed by atoms with Crippen LogP contribution in [0, 0.1) is 0 Å². The van der Waals surface area contributed by atoms with E-state index < -0.39 is 0 Å². The fourth-order valence-corrected chi connectivity index (χ4v) is 10.2. The van der Waals surface area contributed by atoms with Crippen molar-refractivity contribution in [1.82, 2.24) is 0 Å². The summed E-state index contributed by atoms with van der Waals surface area (Å²) in [5.41, 5.74) is 13.3. The topological polar surface area (TPSA) is 0 Å². The molecule has 0 saturated heterocycles. The highest BCUT2D eigenvalue weighted by Gasteiger charge is 2.26. The molecule has 0 aliphatic heterocycles. The van der Waals surface area contributed by atoms with Gasteiger partial charge in [0.15, 0.2) is 0 Å². The van der Waals surface area contributed by atoms with Gasteiger partial charge in [0.1, 0.15) is 0 Å². The molecule has 0 N–H and O–H groups in total. The fraction of sp³-hybridized carbons (Fsp3) is 0.143. The molecule has 12 rings (SSSR count). The van der Waals surface area contributed by atoms with E-state index in [0.29, 0.717) is 0 Å². The van der Waals surface area contributed by atoms with Gasteiger partial charge in [-0.05, 0) is 166 Å². The minimum Gasteiger partial charge on any atom is -0.0610 e. The Balaban J connectivity index is 1.16. The van der Waals surface area contributed by atoms with Crippen LogP contribution in [-0.2, 0) is 10.8 Å². The summed E-state index contributed by atoms with van der Waals surface area (Å²) in [5.74, 6) is 0. The zero-order chi connectivity index (χ0) is 37.8. The molecule has 0 saturated carbocycles. The Bertz CT molecular complexity index is 3380. The minimum atomic E-state index is 0.0763. The van der Waals surface area contributed by atoms with E-state index in [0.717, 1.165) is 0 Å². The highest BCUT2D eigenvalue weighted by atomic mass is 14.3.